The number of carboxylic acid groups (broad SMARTS) is 1. The predicted molar refractivity (Wildman–Crippen MR) is 108 cm³/mol. The molecular formula is C22H18F3N3O3. The number of anilines is 1. The number of aliphatic carboxylic acids is 1. The third kappa shape index (κ3) is 5.67. The van der Waals surface area contributed by atoms with E-state index >= 15 is 0 Å². The second-order valence-corrected chi connectivity index (χ2v) is 6.63. The first-order chi connectivity index (χ1) is 14.8. The van der Waals surface area contributed by atoms with Gasteiger partial charge in [-0.15, -0.1) is 0 Å². The Hall–Kier alpha value is -3.72. The van der Waals surface area contributed by atoms with Gasteiger partial charge >= 0.3 is 12.1 Å². The summed E-state index contributed by atoms with van der Waals surface area (Å²) in [6.07, 6.45) is -1.85. The molecule has 0 spiro atoms. The first kappa shape index (κ1) is 22.0. The number of carboxylic acids is 1. The number of alkyl halides is 3. The summed E-state index contributed by atoms with van der Waals surface area (Å²) < 4.78 is 31.7. The van der Waals surface area contributed by atoms with Gasteiger partial charge < -0.3 is 15.7 Å². The number of hydrogen-bond acceptors (Lipinski definition) is 4. The molecule has 1 amide bonds. The number of amides is 1. The lowest BCUT2D eigenvalue weighted by Gasteiger charge is -2.13. The smallest absolute Gasteiger partial charge is 0.475 e. The Kier molecular flexibility index (Phi) is 6.66. The van der Waals surface area contributed by atoms with Gasteiger partial charge in [0.15, 0.2) is 0 Å². The van der Waals surface area contributed by atoms with Crippen LogP contribution in [0.15, 0.2) is 67.0 Å². The minimum atomic E-state index is -5.08. The highest BCUT2D eigenvalue weighted by Crippen LogP contribution is 2.32. The van der Waals surface area contributed by atoms with Crippen molar-refractivity contribution in [1.82, 2.24) is 10.3 Å². The summed E-state index contributed by atoms with van der Waals surface area (Å²) in [6, 6.07) is 17.9. The van der Waals surface area contributed by atoms with Crippen LogP contribution in [-0.4, -0.2) is 28.1 Å². The topological polar surface area (TPSA) is 91.3 Å². The molecule has 0 unspecified atom stereocenters. The van der Waals surface area contributed by atoms with Crippen LogP contribution in [0.2, 0.25) is 0 Å². The standard InChI is InChI=1S/C20H17N3O.C2HF3O2/c24-20(15-7-4-8-21-11-15)23-17-9-16-12-22-13-19(16)18(10-17)14-5-2-1-3-6-14;3-2(4,5)1(6)7/h1-11,22H,12-13H2,(H,23,24);(H,6,7). The number of hydrogen-bond donors (Lipinski definition) is 3. The Labute approximate surface area is 175 Å². The number of fused-ring (bicyclic) bond motifs is 1. The zero-order valence-electron chi connectivity index (χ0n) is 16.1. The molecule has 0 atom stereocenters. The van der Waals surface area contributed by atoms with Crippen LogP contribution in [0.3, 0.4) is 0 Å². The molecule has 31 heavy (non-hydrogen) atoms. The first-order valence-electron chi connectivity index (χ1n) is 9.19. The molecular weight excluding hydrogens is 411 g/mol. The number of nitrogens with zero attached hydrogens (tertiary/aromatic N) is 1. The molecule has 6 nitrogen and oxygen atoms in total. The van der Waals surface area contributed by atoms with Gasteiger partial charge in [0, 0.05) is 31.2 Å². The fraction of sp³-hybridized carbons (Fsp3) is 0.136. The molecule has 2 heterocycles. The third-order valence-corrected chi connectivity index (χ3v) is 4.47. The highest BCUT2D eigenvalue weighted by Gasteiger charge is 2.38. The number of carbonyl (C=O) groups is 2. The van der Waals surface area contributed by atoms with Gasteiger partial charge in [0.2, 0.25) is 0 Å². The van der Waals surface area contributed by atoms with Crippen LogP contribution in [0, 0.1) is 0 Å². The summed E-state index contributed by atoms with van der Waals surface area (Å²) in [4.78, 5) is 25.3. The lowest BCUT2D eigenvalue weighted by atomic mass is 9.96. The number of benzene rings is 2. The summed E-state index contributed by atoms with van der Waals surface area (Å²) in [5.41, 5.74) is 6.23. The molecule has 0 saturated carbocycles. The summed E-state index contributed by atoms with van der Waals surface area (Å²) >= 11 is 0. The highest BCUT2D eigenvalue weighted by atomic mass is 19.4. The maximum absolute atomic E-state index is 12.4. The van der Waals surface area contributed by atoms with E-state index in [9.17, 15) is 18.0 Å². The average Bonchev–Trinajstić information content (AvgIpc) is 3.23. The molecule has 0 radical (unpaired) electrons. The molecule has 4 rings (SSSR count). The Bertz CT molecular complexity index is 1070. The van der Waals surface area contributed by atoms with Gasteiger partial charge in [-0.05, 0) is 46.5 Å². The maximum atomic E-state index is 12.4. The minimum absolute atomic E-state index is 0.145. The van der Waals surface area contributed by atoms with Gasteiger partial charge in [-0.3, -0.25) is 9.78 Å². The largest absolute Gasteiger partial charge is 0.490 e. The Balaban J connectivity index is 0.000000339. The lowest BCUT2D eigenvalue weighted by Crippen LogP contribution is -2.21. The van der Waals surface area contributed by atoms with Gasteiger partial charge in [-0.2, -0.15) is 13.2 Å². The fourth-order valence-electron chi connectivity index (χ4n) is 3.07. The maximum Gasteiger partial charge on any atom is 0.490 e. The van der Waals surface area contributed by atoms with Gasteiger partial charge in [0.25, 0.3) is 5.91 Å². The van der Waals surface area contributed by atoms with E-state index in [-0.39, 0.29) is 5.91 Å². The lowest BCUT2D eigenvalue weighted by molar-refractivity contribution is -0.192. The van der Waals surface area contributed by atoms with Gasteiger partial charge in [-0.25, -0.2) is 4.79 Å². The quantitative estimate of drug-likeness (QED) is 0.580. The number of aromatic nitrogens is 1. The second-order valence-electron chi connectivity index (χ2n) is 6.63. The molecule has 0 fully saturated rings. The van der Waals surface area contributed by atoms with Crippen LogP contribution in [0.25, 0.3) is 11.1 Å². The van der Waals surface area contributed by atoms with Crippen molar-refractivity contribution in [1.29, 1.82) is 0 Å². The van der Waals surface area contributed by atoms with Crippen LogP contribution in [-0.2, 0) is 17.9 Å². The Morgan fingerprint density at radius 2 is 1.74 bits per heavy atom. The molecule has 1 aromatic heterocycles. The van der Waals surface area contributed by atoms with Crippen LogP contribution in [0.1, 0.15) is 21.5 Å². The average molecular weight is 429 g/mol. The van der Waals surface area contributed by atoms with E-state index in [0.29, 0.717) is 5.56 Å². The van der Waals surface area contributed by atoms with E-state index in [1.54, 1.807) is 24.5 Å². The Morgan fingerprint density at radius 1 is 1.03 bits per heavy atom. The van der Waals surface area contributed by atoms with Crippen molar-refractivity contribution in [3.05, 3.63) is 83.7 Å². The van der Waals surface area contributed by atoms with Crippen molar-refractivity contribution in [2.75, 3.05) is 5.32 Å². The number of rotatable bonds is 3. The van der Waals surface area contributed by atoms with E-state index in [1.165, 1.54) is 16.7 Å². The van der Waals surface area contributed by atoms with Gasteiger partial charge in [0.05, 0.1) is 5.56 Å². The van der Waals surface area contributed by atoms with E-state index in [1.807, 2.05) is 18.2 Å². The molecule has 0 saturated heterocycles. The molecule has 160 valence electrons. The SMILES string of the molecule is O=C(Nc1cc2c(c(-c3ccccc3)c1)CNC2)c1cccnc1.O=C(O)C(F)(F)F. The number of carbonyl (C=O) groups excluding carboxylic acids is 1. The monoisotopic (exact) mass is 429 g/mol. The van der Waals surface area contributed by atoms with Gasteiger partial charge in [-0.1, -0.05) is 30.3 Å². The molecule has 0 bridgehead atoms. The van der Waals surface area contributed by atoms with Gasteiger partial charge in [0.1, 0.15) is 0 Å². The molecule has 1 aliphatic heterocycles. The summed E-state index contributed by atoms with van der Waals surface area (Å²) in [5.74, 6) is -2.90. The van der Waals surface area contributed by atoms with Crippen LogP contribution < -0.4 is 10.6 Å². The molecule has 2 aromatic carbocycles. The zero-order chi connectivity index (χ0) is 22.4. The summed E-state index contributed by atoms with van der Waals surface area (Å²) in [7, 11) is 0. The first-order valence-corrected chi connectivity index (χ1v) is 9.19. The zero-order valence-corrected chi connectivity index (χ0v) is 16.1. The third-order valence-electron chi connectivity index (χ3n) is 4.47. The van der Waals surface area contributed by atoms with Crippen molar-refractivity contribution in [3.63, 3.8) is 0 Å². The molecule has 1 aliphatic rings. The highest BCUT2D eigenvalue weighted by molar-refractivity contribution is 6.04. The predicted octanol–water partition coefficient (Wildman–Crippen LogP) is 4.24. The van der Waals surface area contributed by atoms with E-state index in [2.05, 4.69) is 39.9 Å². The van der Waals surface area contributed by atoms with Crippen LogP contribution >= 0.6 is 0 Å². The van der Waals surface area contributed by atoms with Crippen molar-refractivity contribution in [2.24, 2.45) is 0 Å². The van der Waals surface area contributed by atoms with E-state index < -0.39 is 12.1 Å². The molecule has 3 aromatic rings. The Morgan fingerprint density at radius 3 is 2.35 bits per heavy atom. The summed E-state index contributed by atoms with van der Waals surface area (Å²) in [5, 5.41) is 13.5. The minimum Gasteiger partial charge on any atom is -0.475 e. The number of nitrogens with one attached hydrogen (secondary N) is 2. The normalized spacial score (nSPS) is 12.4. The second kappa shape index (κ2) is 9.40. The van der Waals surface area contributed by atoms with Crippen molar-refractivity contribution < 1.29 is 27.9 Å². The van der Waals surface area contributed by atoms with Crippen molar-refractivity contribution >= 4 is 17.6 Å². The summed E-state index contributed by atoms with van der Waals surface area (Å²) in [6.45, 7) is 1.68. The van der Waals surface area contributed by atoms with Crippen LogP contribution in [0.4, 0.5) is 18.9 Å². The van der Waals surface area contributed by atoms with E-state index in [0.717, 1.165) is 24.3 Å². The number of halogens is 3. The molecule has 9 heteroatoms. The fourth-order valence-corrected chi connectivity index (χ4v) is 3.07. The van der Waals surface area contributed by atoms with Crippen LogP contribution in [0.5, 0.6) is 0 Å². The molecule has 3 N–H and O–H groups in total. The molecule has 0 aliphatic carbocycles. The van der Waals surface area contributed by atoms with E-state index in [4.69, 9.17) is 9.90 Å². The van der Waals surface area contributed by atoms with Crippen molar-refractivity contribution in [2.45, 2.75) is 19.3 Å². The number of pyridine rings is 1. The van der Waals surface area contributed by atoms with Crippen molar-refractivity contribution in [3.8, 4) is 11.1 Å².